The van der Waals surface area contributed by atoms with Gasteiger partial charge >= 0.3 is 11.9 Å². The van der Waals surface area contributed by atoms with Crippen LogP contribution in [0.15, 0.2) is 69.2 Å². The summed E-state index contributed by atoms with van der Waals surface area (Å²) < 4.78 is 32.7. The molecule has 17 atom stereocenters. The second-order valence-electron chi connectivity index (χ2n) is 21.6. The normalized spacial score (nSPS) is 40.4. The van der Waals surface area contributed by atoms with Crippen LogP contribution in [0.5, 0.6) is 0 Å². The third-order valence-electron chi connectivity index (χ3n) is 16.5. The summed E-state index contributed by atoms with van der Waals surface area (Å²) in [6.07, 6.45) is 4.87. The van der Waals surface area contributed by atoms with E-state index < -0.39 is 96.3 Å². The van der Waals surface area contributed by atoms with Gasteiger partial charge in [0.15, 0.2) is 24.3 Å². The maximum atomic E-state index is 15.5. The predicted molar refractivity (Wildman–Crippen MR) is 287 cm³/mol. The molecule has 1 saturated heterocycles. The highest BCUT2D eigenvalue weighted by molar-refractivity contribution is 8.78. The minimum Gasteiger partial charge on any atom is -0.477 e. The van der Waals surface area contributed by atoms with Gasteiger partial charge in [-0.25, -0.2) is 14.6 Å². The lowest BCUT2D eigenvalue weighted by Gasteiger charge is -2.53. The lowest BCUT2D eigenvalue weighted by atomic mass is 9.60. The van der Waals surface area contributed by atoms with E-state index in [2.05, 4.69) is 15.6 Å². The van der Waals surface area contributed by atoms with Crippen LogP contribution >= 0.6 is 43.2 Å². The van der Waals surface area contributed by atoms with E-state index in [0.29, 0.717) is 73.3 Å². The molecule has 0 aromatic heterocycles. The highest BCUT2D eigenvalue weighted by Crippen LogP contribution is 2.59. The molecule has 9 bridgehead atoms. The van der Waals surface area contributed by atoms with Crippen LogP contribution in [0.4, 0.5) is 0 Å². The SMILES string of the molecule is CC(C)OC1C(OC2OC=C3C(=O)OC4CCC(CO)C4CSSC4C5CC6CC7(CCC(C7)C2(C=CCSS5)C3C=CC2=C(NC(N)=NCCCO)C(C(=O)O)=C[NH+](C2)C4CO)NC(N)=N6)OC(CO)C(O)C1(O)O. The molecule has 0 amide bonds. The number of aliphatic hydroxyl groups is 7. The van der Waals surface area contributed by atoms with E-state index in [-0.39, 0.29) is 90.1 Å². The van der Waals surface area contributed by atoms with Crippen molar-refractivity contribution in [1.82, 2.24) is 10.6 Å². The van der Waals surface area contributed by atoms with E-state index in [0.717, 1.165) is 0 Å². The number of quaternary nitrogens is 1. The summed E-state index contributed by atoms with van der Waals surface area (Å²) in [5.41, 5.74) is 11.7. The minimum atomic E-state index is -3.00. The van der Waals surface area contributed by atoms with E-state index >= 15 is 4.79 Å². The molecule has 2 spiro atoms. The largest absolute Gasteiger partial charge is 0.477 e. The summed E-state index contributed by atoms with van der Waals surface area (Å²) in [7, 11) is 6.44. The molecule has 422 valence electrons. The number of carboxylic acid groups (broad SMARTS) is 1. The summed E-state index contributed by atoms with van der Waals surface area (Å²) in [5.74, 6) is -5.78. The molecule has 2 saturated carbocycles. The number of nitrogens with two attached hydrogens (primary N) is 2. The highest BCUT2D eigenvalue weighted by atomic mass is 33.1. The Morgan fingerprint density at radius 3 is 2.66 bits per heavy atom. The number of aliphatic carboxylic acids is 1. The second-order valence-corrected chi connectivity index (χ2v) is 26.8. The standard InChI is InChI=1S/C50H73N7O15S4/c1-25(2)69-41-44(71-36(22-61)40(62)50(41,66)67)72-45-49-10-3-14-73-75-37(15-29-17-48(56-47(52)54-29)11-9-28(49)16-48)39-34(21-60)57-18-26(38(30(19-57)42(63)64)55-46(51)53-12-4-13-58)5-7-33(49)31(23-68-45)43(65)70-35-8-6-27(20-59)32(35)24-74-76-39/h3,5,7,10,19,23,25,27-29,32-37,39-41,44-45,58-62,66-67H,4,6,8-9,11-18,20-22,24H2,1-2H3,(H,63,64)(H3,51,53,55)(H3,52,54,56)/p+1. The molecule has 0 radical (unpaired) electrons. The predicted octanol–water partition coefficient (Wildman–Crippen LogP) is -0.644. The first-order valence-electron chi connectivity index (χ1n) is 26.2. The molecule has 2 aliphatic carbocycles. The van der Waals surface area contributed by atoms with E-state index in [4.69, 9.17) is 40.1 Å². The zero-order chi connectivity index (χ0) is 54.1. The first-order chi connectivity index (χ1) is 36.4. The van der Waals surface area contributed by atoms with Crippen molar-refractivity contribution in [2.45, 2.75) is 142 Å². The summed E-state index contributed by atoms with van der Waals surface area (Å²) in [6, 6.07) is -0.880. The maximum Gasteiger partial charge on any atom is 0.343 e. The Morgan fingerprint density at radius 1 is 1.11 bits per heavy atom. The van der Waals surface area contributed by atoms with Crippen molar-refractivity contribution in [3.05, 3.63) is 59.2 Å². The van der Waals surface area contributed by atoms with Crippen LogP contribution in [-0.4, -0.2) is 193 Å². The number of nitrogens with zero attached hydrogens (tertiary/aromatic N) is 2. The zero-order valence-corrected chi connectivity index (χ0v) is 45.8. The van der Waals surface area contributed by atoms with Crippen LogP contribution < -0.4 is 27.0 Å². The van der Waals surface area contributed by atoms with Crippen molar-refractivity contribution in [1.29, 1.82) is 0 Å². The van der Waals surface area contributed by atoms with E-state index in [9.17, 15) is 45.6 Å². The third-order valence-corrected chi connectivity index (χ3v) is 22.5. The van der Waals surface area contributed by atoms with Crippen molar-refractivity contribution >= 4 is 67.0 Å². The van der Waals surface area contributed by atoms with Crippen molar-refractivity contribution in [3.8, 4) is 0 Å². The fraction of sp³-hybridized carbons (Fsp3) is 0.720. The number of guanidine groups is 2. The molecule has 9 rings (SSSR count). The number of allylic oxidation sites excluding steroid dienone is 1. The van der Waals surface area contributed by atoms with Crippen LogP contribution in [0.1, 0.15) is 65.2 Å². The molecule has 3 fully saturated rings. The lowest BCUT2D eigenvalue weighted by molar-refractivity contribution is -0.870. The van der Waals surface area contributed by atoms with Gasteiger partial charge in [-0.05, 0) is 77.0 Å². The van der Waals surface area contributed by atoms with Gasteiger partial charge in [0.1, 0.15) is 42.7 Å². The number of aliphatic hydroxyl groups excluding tert-OH is 5. The van der Waals surface area contributed by atoms with Crippen LogP contribution in [-0.2, 0) is 33.3 Å². The van der Waals surface area contributed by atoms with Crippen molar-refractivity contribution in [2.75, 3.05) is 51.0 Å². The number of carbonyl (C=O) groups excluding carboxylic acids is 1. The van der Waals surface area contributed by atoms with Gasteiger partial charge in [-0.1, -0.05) is 67.5 Å². The molecule has 7 aliphatic heterocycles. The van der Waals surface area contributed by atoms with Gasteiger partial charge in [0.2, 0.25) is 12.1 Å². The monoisotopic (exact) mass is 1140 g/mol. The first kappa shape index (κ1) is 57.6. The Kier molecular flexibility index (Phi) is 18.5. The fourth-order valence-corrected chi connectivity index (χ4v) is 19.8. The second kappa shape index (κ2) is 24.3. The van der Waals surface area contributed by atoms with Crippen molar-refractivity contribution in [2.24, 2.45) is 50.5 Å². The van der Waals surface area contributed by atoms with Crippen LogP contribution in [0.3, 0.4) is 0 Å². The number of aliphatic imine (C=N–C) groups is 2. The molecule has 0 aromatic carbocycles. The average Bonchev–Trinajstić information content (AvgIpc) is 3.97. The van der Waals surface area contributed by atoms with Gasteiger partial charge in [0.05, 0.1) is 53.6 Å². The van der Waals surface area contributed by atoms with E-state index in [1.165, 1.54) is 6.26 Å². The molecule has 7 heterocycles. The number of hydrogen-bond donors (Lipinski definition) is 13. The quantitative estimate of drug-likeness (QED) is 0.0220. The molecule has 0 aromatic rings. The summed E-state index contributed by atoms with van der Waals surface area (Å²) in [6.45, 7) is 2.20. The summed E-state index contributed by atoms with van der Waals surface area (Å²) >= 11 is 0. The number of hydrogen-bond acceptors (Lipinski definition) is 22. The topological polar surface area (TPSA) is 347 Å². The minimum absolute atomic E-state index is 0.0951. The molecule has 76 heavy (non-hydrogen) atoms. The fourth-order valence-electron chi connectivity index (χ4n) is 12.9. The Hall–Kier alpha value is -3.06. The Balaban J connectivity index is 1.33. The molecule has 15 N–H and O–H groups in total. The lowest BCUT2D eigenvalue weighted by Crippen LogP contribution is -3.14. The number of ether oxygens (including phenoxy) is 5. The summed E-state index contributed by atoms with van der Waals surface area (Å²) in [4.78, 5) is 39.2. The number of rotatable bonds is 12. The molecular weight excluding hydrogens is 1070 g/mol. The van der Waals surface area contributed by atoms with Gasteiger partial charge in [0.25, 0.3) is 0 Å². The van der Waals surface area contributed by atoms with Crippen LogP contribution in [0.25, 0.3) is 0 Å². The molecule has 9 aliphatic rings. The Bertz CT molecular complexity index is 2360. The molecule has 17 unspecified atom stereocenters. The van der Waals surface area contributed by atoms with Crippen LogP contribution in [0.2, 0.25) is 0 Å². The zero-order valence-electron chi connectivity index (χ0n) is 42.6. The Morgan fingerprint density at radius 2 is 1.92 bits per heavy atom. The first-order valence-corrected chi connectivity index (χ1v) is 31.0. The summed E-state index contributed by atoms with van der Waals surface area (Å²) in [5, 5.41) is 94.2. The molecule has 26 heteroatoms. The van der Waals surface area contributed by atoms with E-state index in [1.807, 2.05) is 18.2 Å². The number of fused-ring (bicyclic) bond motifs is 9. The van der Waals surface area contributed by atoms with Gasteiger partial charge in [-0.2, -0.15) is 0 Å². The van der Waals surface area contributed by atoms with Gasteiger partial charge < -0.3 is 86.6 Å². The maximum absolute atomic E-state index is 15.5. The van der Waals surface area contributed by atoms with Crippen molar-refractivity contribution in [3.63, 3.8) is 0 Å². The molecular formula is C50H74N7O15S4+. The van der Waals surface area contributed by atoms with Gasteiger partial charge in [0, 0.05) is 59.5 Å². The number of nitrogens with one attached hydrogen (secondary N) is 3. The third kappa shape index (κ3) is 11.6. The number of carboxylic acids is 1. The number of esters is 1. The number of carbonyl (C=O) groups is 2. The van der Waals surface area contributed by atoms with Crippen LogP contribution in [0, 0.1) is 29.1 Å². The van der Waals surface area contributed by atoms with Gasteiger partial charge in [-0.3, -0.25) is 9.89 Å². The average molecular weight is 1140 g/mol. The van der Waals surface area contributed by atoms with Crippen molar-refractivity contribution < 1.29 is 79.0 Å². The van der Waals surface area contributed by atoms with E-state index in [1.54, 1.807) is 69.3 Å². The highest BCUT2D eigenvalue weighted by Gasteiger charge is 2.63. The van der Waals surface area contributed by atoms with Gasteiger partial charge in [-0.15, -0.1) is 0 Å². The molecule has 22 nitrogen and oxygen atoms in total. The smallest absolute Gasteiger partial charge is 0.343 e. The Labute approximate surface area is 457 Å².